The molecule has 0 saturated heterocycles. The number of hydrogen-bond acceptors (Lipinski definition) is 1. The smallest absolute Gasteiger partial charge is 0.00698 e. The third-order valence-electron chi connectivity index (χ3n) is 3.59. The normalized spacial score (nSPS) is 17.4. The Morgan fingerprint density at radius 3 is 2.81 bits per heavy atom. The van der Waals surface area contributed by atoms with Gasteiger partial charge in [-0.1, -0.05) is 42.7 Å². The SMILES string of the molecule is CNC(CCc1cccc(C)c1)CC1CC1. The zero-order valence-corrected chi connectivity index (χ0v) is 10.5. The summed E-state index contributed by atoms with van der Waals surface area (Å²) < 4.78 is 0. The number of nitrogens with one attached hydrogen (secondary N) is 1. The van der Waals surface area contributed by atoms with Crippen LogP contribution in [0.15, 0.2) is 24.3 Å². The predicted octanol–water partition coefficient (Wildman–Crippen LogP) is 3.32. The monoisotopic (exact) mass is 217 g/mol. The van der Waals surface area contributed by atoms with Gasteiger partial charge < -0.3 is 5.32 Å². The molecule has 1 heteroatoms. The van der Waals surface area contributed by atoms with E-state index in [1.165, 1.54) is 43.2 Å². The zero-order chi connectivity index (χ0) is 11.4. The van der Waals surface area contributed by atoms with Crippen LogP contribution in [0.4, 0.5) is 0 Å². The van der Waals surface area contributed by atoms with Crippen LogP contribution < -0.4 is 5.32 Å². The molecule has 0 radical (unpaired) electrons. The van der Waals surface area contributed by atoms with Crippen molar-refractivity contribution >= 4 is 0 Å². The van der Waals surface area contributed by atoms with Crippen LogP contribution in [0.5, 0.6) is 0 Å². The summed E-state index contributed by atoms with van der Waals surface area (Å²) in [6.07, 6.45) is 6.78. The lowest BCUT2D eigenvalue weighted by atomic mass is 10.0. The standard InChI is InChI=1S/C15H23N/c1-12-4-3-5-13(10-12)8-9-15(16-2)11-14-6-7-14/h3-5,10,14-16H,6-9,11H2,1-2H3. The Morgan fingerprint density at radius 2 is 2.19 bits per heavy atom. The summed E-state index contributed by atoms with van der Waals surface area (Å²) in [6.45, 7) is 2.17. The van der Waals surface area contributed by atoms with Crippen molar-refractivity contribution in [1.29, 1.82) is 0 Å². The molecule has 1 nitrogen and oxygen atoms in total. The lowest BCUT2D eigenvalue weighted by Crippen LogP contribution is -2.26. The molecule has 0 aromatic heterocycles. The first kappa shape index (κ1) is 11.7. The van der Waals surface area contributed by atoms with Gasteiger partial charge in [-0.25, -0.2) is 0 Å². The largest absolute Gasteiger partial charge is 0.317 e. The van der Waals surface area contributed by atoms with Crippen LogP contribution in [0.1, 0.15) is 36.8 Å². The average Bonchev–Trinajstić information content (AvgIpc) is 3.08. The van der Waals surface area contributed by atoms with E-state index < -0.39 is 0 Å². The molecule has 1 aliphatic rings. The Morgan fingerprint density at radius 1 is 1.38 bits per heavy atom. The lowest BCUT2D eigenvalue weighted by Gasteiger charge is -2.15. The molecule has 1 N–H and O–H groups in total. The fraction of sp³-hybridized carbons (Fsp3) is 0.600. The van der Waals surface area contributed by atoms with Gasteiger partial charge in [-0.3, -0.25) is 0 Å². The molecule has 0 amide bonds. The summed E-state index contributed by atoms with van der Waals surface area (Å²) in [7, 11) is 2.10. The highest BCUT2D eigenvalue weighted by Gasteiger charge is 2.24. The number of benzene rings is 1. The van der Waals surface area contributed by atoms with E-state index in [4.69, 9.17) is 0 Å². The minimum absolute atomic E-state index is 0.716. The molecule has 16 heavy (non-hydrogen) atoms. The van der Waals surface area contributed by atoms with E-state index in [1.807, 2.05) is 0 Å². The molecular formula is C15H23N. The molecule has 1 aliphatic carbocycles. The number of aryl methyl sites for hydroxylation is 2. The van der Waals surface area contributed by atoms with E-state index in [1.54, 1.807) is 0 Å². The van der Waals surface area contributed by atoms with Crippen molar-refractivity contribution in [2.75, 3.05) is 7.05 Å². The summed E-state index contributed by atoms with van der Waals surface area (Å²) in [6, 6.07) is 9.61. The van der Waals surface area contributed by atoms with Crippen LogP contribution in [0.25, 0.3) is 0 Å². The molecule has 1 fully saturated rings. The van der Waals surface area contributed by atoms with Gasteiger partial charge in [-0.15, -0.1) is 0 Å². The average molecular weight is 217 g/mol. The topological polar surface area (TPSA) is 12.0 Å². The van der Waals surface area contributed by atoms with Gasteiger partial charge in [0.05, 0.1) is 0 Å². The maximum Gasteiger partial charge on any atom is 0.00698 e. The molecule has 0 heterocycles. The highest BCUT2D eigenvalue weighted by molar-refractivity contribution is 5.22. The Balaban J connectivity index is 1.80. The zero-order valence-electron chi connectivity index (χ0n) is 10.5. The fourth-order valence-corrected chi connectivity index (χ4v) is 2.34. The second-order valence-electron chi connectivity index (χ2n) is 5.19. The third-order valence-corrected chi connectivity index (χ3v) is 3.59. The molecule has 0 bridgehead atoms. The molecular weight excluding hydrogens is 194 g/mol. The molecule has 1 atom stereocenters. The first-order chi connectivity index (χ1) is 7.78. The molecule has 2 rings (SSSR count). The summed E-state index contributed by atoms with van der Waals surface area (Å²) in [5.41, 5.74) is 2.86. The molecule has 1 aromatic rings. The van der Waals surface area contributed by atoms with Gasteiger partial charge in [0.2, 0.25) is 0 Å². The fourth-order valence-electron chi connectivity index (χ4n) is 2.34. The Labute approximate surface area is 99.3 Å². The van der Waals surface area contributed by atoms with E-state index in [0.29, 0.717) is 6.04 Å². The second kappa shape index (κ2) is 5.49. The van der Waals surface area contributed by atoms with Gasteiger partial charge in [0.1, 0.15) is 0 Å². The van der Waals surface area contributed by atoms with Crippen molar-refractivity contribution in [2.45, 2.75) is 45.1 Å². The van der Waals surface area contributed by atoms with Gasteiger partial charge >= 0.3 is 0 Å². The Bertz CT molecular complexity index is 328. The van der Waals surface area contributed by atoms with Crippen molar-refractivity contribution in [3.8, 4) is 0 Å². The van der Waals surface area contributed by atoms with E-state index in [2.05, 4.69) is 43.6 Å². The predicted molar refractivity (Wildman–Crippen MR) is 69.7 cm³/mol. The highest BCUT2D eigenvalue weighted by atomic mass is 14.9. The van der Waals surface area contributed by atoms with Crippen molar-refractivity contribution in [3.63, 3.8) is 0 Å². The van der Waals surface area contributed by atoms with Gasteiger partial charge in [0.15, 0.2) is 0 Å². The second-order valence-corrected chi connectivity index (χ2v) is 5.19. The third kappa shape index (κ3) is 3.64. The summed E-state index contributed by atoms with van der Waals surface area (Å²) in [5.74, 6) is 1.02. The van der Waals surface area contributed by atoms with E-state index in [-0.39, 0.29) is 0 Å². The van der Waals surface area contributed by atoms with Crippen molar-refractivity contribution in [1.82, 2.24) is 5.32 Å². The minimum atomic E-state index is 0.716. The van der Waals surface area contributed by atoms with E-state index in [0.717, 1.165) is 5.92 Å². The molecule has 1 unspecified atom stereocenters. The maximum atomic E-state index is 3.46. The van der Waals surface area contributed by atoms with Crippen LogP contribution in [0, 0.1) is 12.8 Å². The van der Waals surface area contributed by atoms with Crippen LogP contribution in [-0.2, 0) is 6.42 Å². The lowest BCUT2D eigenvalue weighted by molar-refractivity contribution is 0.464. The quantitative estimate of drug-likeness (QED) is 0.771. The Hall–Kier alpha value is -0.820. The first-order valence-corrected chi connectivity index (χ1v) is 6.50. The summed E-state index contributed by atoms with van der Waals surface area (Å²) >= 11 is 0. The molecule has 88 valence electrons. The first-order valence-electron chi connectivity index (χ1n) is 6.50. The van der Waals surface area contributed by atoms with Crippen LogP contribution in [-0.4, -0.2) is 13.1 Å². The molecule has 0 aliphatic heterocycles. The number of rotatable bonds is 6. The highest BCUT2D eigenvalue weighted by Crippen LogP contribution is 2.34. The van der Waals surface area contributed by atoms with Crippen molar-refractivity contribution in [3.05, 3.63) is 35.4 Å². The number of hydrogen-bond donors (Lipinski definition) is 1. The maximum absolute atomic E-state index is 3.46. The molecule has 1 aromatic carbocycles. The van der Waals surface area contributed by atoms with Crippen LogP contribution in [0.3, 0.4) is 0 Å². The summed E-state index contributed by atoms with van der Waals surface area (Å²) in [5, 5.41) is 3.46. The van der Waals surface area contributed by atoms with Gasteiger partial charge in [-0.2, -0.15) is 0 Å². The van der Waals surface area contributed by atoms with Crippen molar-refractivity contribution < 1.29 is 0 Å². The minimum Gasteiger partial charge on any atom is -0.317 e. The molecule has 1 saturated carbocycles. The van der Waals surface area contributed by atoms with Crippen LogP contribution >= 0.6 is 0 Å². The molecule has 0 spiro atoms. The van der Waals surface area contributed by atoms with E-state index >= 15 is 0 Å². The van der Waals surface area contributed by atoms with Gasteiger partial charge in [-0.05, 0) is 44.7 Å². The van der Waals surface area contributed by atoms with Gasteiger partial charge in [0, 0.05) is 6.04 Å². The van der Waals surface area contributed by atoms with Crippen LogP contribution in [0.2, 0.25) is 0 Å². The van der Waals surface area contributed by atoms with Gasteiger partial charge in [0.25, 0.3) is 0 Å². The van der Waals surface area contributed by atoms with Crippen molar-refractivity contribution in [2.24, 2.45) is 5.92 Å². The Kier molecular flexibility index (Phi) is 4.00. The van der Waals surface area contributed by atoms with E-state index in [9.17, 15) is 0 Å². The summed E-state index contributed by atoms with van der Waals surface area (Å²) in [4.78, 5) is 0.